The molecule has 17 nitrogen and oxygen atoms in total. The fraction of sp³-hybridized carbons (Fsp3) is 0.877. The van der Waals surface area contributed by atoms with Crippen LogP contribution in [0.1, 0.15) is 310 Å². The predicted octanol–water partition coefficient (Wildman–Crippen LogP) is 17.9. The molecule has 0 amide bonds. The molecule has 0 aliphatic rings. The van der Waals surface area contributed by atoms with E-state index in [1.165, 1.54) is 103 Å². The third-order valence-corrected chi connectivity index (χ3v) is 16.4. The average Bonchev–Trinajstić information content (AvgIpc) is 3.65. The second-order valence-electron chi connectivity index (χ2n) is 22.8. The maximum atomic E-state index is 13.0. The van der Waals surface area contributed by atoms with Crippen LogP contribution in [0.15, 0.2) is 24.3 Å². The number of rotatable bonds is 64. The Morgan fingerprint density at radius 3 is 0.869 bits per heavy atom. The zero-order valence-electron chi connectivity index (χ0n) is 53.3. The normalized spacial score (nSPS) is 14.3. The topological polar surface area (TPSA) is 237 Å². The monoisotopic (exact) mass is 1240 g/mol. The third-order valence-electron chi connectivity index (χ3n) is 14.5. The summed E-state index contributed by atoms with van der Waals surface area (Å²) in [5.41, 5.74) is 0. The van der Waals surface area contributed by atoms with Crippen molar-refractivity contribution in [2.75, 3.05) is 39.6 Å². The zero-order chi connectivity index (χ0) is 61.9. The van der Waals surface area contributed by atoms with E-state index in [0.717, 1.165) is 128 Å². The van der Waals surface area contributed by atoms with E-state index < -0.39 is 97.5 Å². The largest absolute Gasteiger partial charge is 0.472 e. The number of aliphatic hydroxyl groups excluding tert-OH is 1. The van der Waals surface area contributed by atoms with Gasteiger partial charge in [0.05, 0.1) is 26.4 Å². The Hall–Kier alpha value is -2.46. The van der Waals surface area contributed by atoms with Crippen LogP contribution >= 0.6 is 15.6 Å². The molecular formula is C65H122O17P2. The van der Waals surface area contributed by atoms with Gasteiger partial charge in [0.15, 0.2) is 12.2 Å². The number of phosphoric acid groups is 2. The van der Waals surface area contributed by atoms with Crippen molar-refractivity contribution in [1.82, 2.24) is 0 Å². The molecule has 3 N–H and O–H groups in total. The van der Waals surface area contributed by atoms with Crippen molar-refractivity contribution in [3.63, 3.8) is 0 Å². The first-order chi connectivity index (χ1) is 40.7. The third kappa shape index (κ3) is 58.6. The number of ether oxygens (including phenoxy) is 4. The maximum Gasteiger partial charge on any atom is 0.472 e. The van der Waals surface area contributed by atoms with Crippen LogP contribution in [-0.4, -0.2) is 96.7 Å². The minimum Gasteiger partial charge on any atom is -0.462 e. The Kier molecular flexibility index (Phi) is 57.8. The first-order valence-corrected chi connectivity index (χ1v) is 36.6. The summed E-state index contributed by atoms with van der Waals surface area (Å²) in [4.78, 5) is 71.8. The molecule has 0 saturated carbocycles. The van der Waals surface area contributed by atoms with E-state index in [-0.39, 0.29) is 25.7 Å². The van der Waals surface area contributed by atoms with Crippen LogP contribution < -0.4 is 0 Å². The Labute approximate surface area is 510 Å². The lowest BCUT2D eigenvalue weighted by Crippen LogP contribution is -2.30. The second kappa shape index (κ2) is 59.5. The molecule has 0 saturated heterocycles. The number of hydrogen-bond acceptors (Lipinski definition) is 15. The molecule has 0 aromatic rings. The Balaban J connectivity index is 5.17. The fourth-order valence-corrected chi connectivity index (χ4v) is 10.8. The molecule has 0 bridgehead atoms. The molecule has 0 rings (SSSR count). The van der Waals surface area contributed by atoms with Gasteiger partial charge >= 0.3 is 39.5 Å². The van der Waals surface area contributed by atoms with Crippen molar-refractivity contribution in [1.29, 1.82) is 0 Å². The first kappa shape index (κ1) is 81.5. The highest BCUT2D eigenvalue weighted by Gasteiger charge is 2.30. The van der Waals surface area contributed by atoms with E-state index in [9.17, 15) is 43.2 Å². The van der Waals surface area contributed by atoms with Gasteiger partial charge in [-0.15, -0.1) is 0 Å². The number of phosphoric ester groups is 2. The van der Waals surface area contributed by atoms with Gasteiger partial charge in [0.25, 0.3) is 0 Å². The lowest BCUT2D eigenvalue weighted by atomic mass is 10.0. The van der Waals surface area contributed by atoms with Crippen molar-refractivity contribution in [3.8, 4) is 0 Å². The van der Waals surface area contributed by atoms with Gasteiger partial charge in [-0.3, -0.25) is 37.3 Å². The highest BCUT2D eigenvalue weighted by Crippen LogP contribution is 2.45. The molecule has 0 heterocycles. The van der Waals surface area contributed by atoms with Gasteiger partial charge in [-0.1, -0.05) is 257 Å². The molecule has 0 spiro atoms. The lowest BCUT2D eigenvalue weighted by molar-refractivity contribution is -0.161. The Morgan fingerprint density at radius 2 is 0.571 bits per heavy atom. The van der Waals surface area contributed by atoms with Gasteiger partial charge in [-0.25, -0.2) is 9.13 Å². The molecule has 494 valence electrons. The number of hydrogen-bond donors (Lipinski definition) is 3. The summed E-state index contributed by atoms with van der Waals surface area (Å²) in [6, 6.07) is 0. The van der Waals surface area contributed by atoms with Crippen LogP contribution in [0.2, 0.25) is 0 Å². The van der Waals surface area contributed by atoms with Crippen molar-refractivity contribution in [2.24, 2.45) is 0 Å². The minimum atomic E-state index is -4.95. The lowest BCUT2D eigenvalue weighted by Gasteiger charge is -2.21. The van der Waals surface area contributed by atoms with Crippen LogP contribution in [0, 0.1) is 0 Å². The molecule has 19 heteroatoms. The van der Waals surface area contributed by atoms with E-state index in [0.29, 0.717) is 25.7 Å². The predicted molar refractivity (Wildman–Crippen MR) is 335 cm³/mol. The van der Waals surface area contributed by atoms with Gasteiger partial charge in [-0.2, -0.15) is 0 Å². The summed E-state index contributed by atoms with van der Waals surface area (Å²) < 4.78 is 67.7. The number of carbonyl (C=O) groups is 4. The van der Waals surface area contributed by atoms with E-state index in [4.69, 9.17) is 37.0 Å². The van der Waals surface area contributed by atoms with E-state index in [2.05, 4.69) is 52.0 Å². The molecule has 0 aliphatic heterocycles. The van der Waals surface area contributed by atoms with Gasteiger partial charge < -0.3 is 33.8 Å². The molecule has 84 heavy (non-hydrogen) atoms. The molecule has 5 atom stereocenters. The number of esters is 4. The van der Waals surface area contributed by atoms with Gasteiger partial charge in [0, 0.05) is 25.7 Å². The van der Waals surface area contributed by atoms with Crippen LogP contribution in [0.5, 0.6) is 0 Å². The second-order valence-corrected chi connectivity index (χ2v) is 25.7. The highest BCUT2D eigenvalue weighted by molar-refractivity contribution is 7.47. The Morgan fingerprint density at radius 1 is 0.333 bits per heavy atom. The summed E-state index contributed by atoms with van der Waals surface area (Å²) in [7, 11) is -9.88. The standard InChI is InChI=1S/C65H122O17P2/c1-5-9-13-17-20-22-24-26-28-29-31-33-35-37-40-44-48-52-65(70)82-61(56-76-63(68)50-46-42-39-36-34-32-30-27-25-23-21-18-14-10-6-2)58-80-84(73,74)78-54-59(66)53-77-83(71,72)79-57-60(55-75-62(67)49-45-41-16-12-8-4)81-64(69)51-47-43-38-19-15-11-7-3/h23,25,27,30,59-61,66H,5-22,24,26,28-29,31-58H2,1-4H3,(H,71,72)(H,73,74)/b25-23-,30-27-/t59-,60+,61+/m0/s1. The smallest absolute Gasteiger partial charge is 0.462 e. The molecule has 0 aromatic heterocycles. The van der Waals surface area contributed by atoms with Crippen molar-refractivity contribution >= 4 is 39.5 Å². The van der Waals surface area contributed by atoms with Gasteiger partial charge in [0.2, 0.25) is 0 Å². The van der Waals surface area contributed by atoms with Crippen LogP contribution in [-0.2, 0) is 65.4 Å². The first-order valence-electron chi connectivity index (χ1n) is 33.6. The van der Waals surface area contributed by atoms with Crippen LogP contribution in [0.25, 0.3) is 0 Å². The van der Waals surface area contributed by atoms with Gasteiger partial charge in [0.1, 0.15) is 19.3 Å². The molecule has 0 radical (unpaired) electrons. The summed E-state index contributed by atoms with van der Waals surface area (Å²) >= 11 is 0. The molecule has 2 unspecified atom stereocenters. The summed E-state index contributed by atoms with van der Waals surface area (Å²) in [5.74, 6) is -2.18. The highest BCUT2D eigenvalue weighted by atomic mass is 31.2. The van der Waals surface area contributed by atoms with E-state index in [1.807, 2.05) is 0 Å². The minimum absolute atomic E-state index is 0.101. The van der Waals surface area contributed by atoms with E-state index in [1.54, 1.807) is 0 Å². The molecule has 0 fully saturated rings. The molecular weight excluding hydrogens is 1110 g/mol. The molecule has 0 aliphatic carbocycles. The van der Waals surface area contributed by atoms with Crippen LogP contribution in [0.3, 0.4) is 0 Å². The summed E-state index contributed by atoms with van der Waals surface area (Å²) in [5, 5.41) is 10.5. The SMILES string of the molecule is CCCCCC/C=C\C=C/CCCCCCCC(=O)OC[C@H](COP(=O)(O)OC[C@@H](O)COP(=O)(O)OC[C@@H](COC(=O)CCCCCCC)OC(=O)CCCCCCCCC)OC(=O)CCCCCCCCCCCCCCCCCCC. The summed E-state index contributed by atoms with van der Waals surface area (Å²) in [6.45, 7) is 4.70. The fourth-order valence-electron chi connectivity index (χ4n) is 9.27. The number of carbonyl (C=O) groups excluding carboxylic acids is 4. The maximum absolute atomic E-state index is 13.0. The number of unbranched alkanes of at least 4 members (excludes halogenated alkanes) is 35. The average molecular weight is 1240 g/mol. The summed E-state index contributed by atoms with van der Waals surface area (Å²) in [6.07, 6.45) is 48.6. The quantitative estimate of drug-likeness (QED) is 0.0169. The number of allylic oxidation sites excluding steroid dienone is 4. The molecule has 0 aromatic carbocycles. The number of aliphatic hydroxyl groups is 1. The van der Waals surface area contributed by atoms with E-state index >= 15 is 0 Å². The zero-order valence-corrected chi connectivity index (χ0v) is 55.1. The van der Waals surface area contributed by atoms with Crippen molar-refractivity contribution in [3.05, 3.63) is 24.3 Å². The van der Waals surface area contributed by atoms with Crippen LogP contribution in [0.4, 0.5) is 0 Å². The van der Waals surface area contributed by atoms with Gasteiger partial charge in [-0.05, 0) is 51.4 Å². The van der Waals surface area contributed by atoms with Crippen molar-refractivity contribution in [2.45, 2.75) is 329 Å². The Bertz CT molecular complexity index is 1710. The van der Waals surface area contributed by atoms with Crippen molar-refractivity contribution < 1.29 is 80.2 Å².